The quantitative estimate of drug-likeness (QED) is 0.868. The lowest BCUT2D eigenvalue weighted by molar-refractivity contribution is -0.0740. The zero-order valence-corrected chi connectivity index (χ0v) is 13.1. The number of thiocarbonyl (C=S) groups is 1. The van der Waals surface area contributed by atoms with Gasteiger partial charge < -0.3 is 19.7 Å². The SMILES string of the molecule is COCCN1C(=S)NC2CC1(C)Oc1ccc(Cl)cc12. The number of nitrogens with zero attached hydrogens (tertiary/aromatic N) is 1. The van der Waals surface area contributed by atoms with Crippen molar-refractivity contribution in [2.24, 2.45) is 0 Å². The Hall–Kier alpha value is -1.04. The van der Waals surface area contributed by atoms with Crippen LogP contribution in [0.2, 0.25) is 5.02 Å². The molecule has 1 fully saturated rings. The Morgan fingerprint density at radius 1 is 1.60 bits per heavy atom. The number of nitrogens with one attached hydrogen (secondary N) is 1. The molecule has 4 nitrogen and oxygen atoms in total. The van der Waals surface area contributed by atoms with Crippen LogP contribution in [0, 0.1) is 0 Å². The topological polar surface area (TPSA) is 33.7 Å². The van der Waals surface area contributed by atoms with Crippen molar-refractivity contribution in [1.29, 1.82) is 0 Å². The fourth-order valence-electron chi connectivity index (χ4n) is 2.91. The smallest absolute Gasteiger partial charge is 0.184 e. The van der Waals surface area contributed by atoms with Crippen LogP contribution in [0.25, 0.3) is 0 Å². The van der Waals surface area contributed by atoms with Crippen LogP contribution in [0.1, 0.15) is 24.9 Å². The molecule has 0 saturated carbocycles. The molecular weight excluding hydrogens is 296 g/mol. The van der Waals surface area contributed by atoms with Gasteiger partial charge >= 0.3 is 0 Å². The molecule has 0 radical (unpaired) electrons. The Balaban J connectivity index is 1.96. The summed E-state index contributed by atoms with van der Waals surface area (Å²) < 4.78 is 11.4. The van der Waals surface area contributed by atoms with Gasteiger partial charge in [0.05, 0.1) is 12.6 Å². The summed E-state index contributed by atoms with van der Waals surface area (Å²) in [5.41, 5.74) is 0.635. The highest BCUT2D eigenvalue weighted by molar-refractivity contribution is 7.80. The first kappa shape index (κ1) is 13.9. The molecule has 2 aliphatic heterocycles. The Bertz CT molecular complexity index is 554. The van der Waals surface area contributed by atoms with Crippen LogP contribution in [-0.2, 0) is 4.74 Å². The summed E-state index contributed by atoms with van der Waals surface area (Å²) in [6.45, 7) is 3.38. The van der Waals surface area contributed by atoms with E-state index in [-0.39, 0.29) is 6.04 Å². The maximum Gasteiger partial charge on any atom is 0.184 e. The van der Waals surface area contributed by atoms with E-state index in [0.717, 1.165) is 17.7 Å². The third kappa shape index (κ3) is 2.24. The predicted molar refractivity (Wildman–Crippen MR) is 82.2 cm³/mol. The van der Waals surface area contributed by atoms with Gasteiger partial charge in [0, 0.05) is 30.7 Å². The third-order valence-corrected chi connectivity index (χ3v) is 4.47. The first-order valence-electron chi connectivity index (χ1n) is 6.59. The highest BCUT2D eigenvalue weighted by Gasteiger charge is 2.47. The van der Waals surface area contributed by atoms with Crippen molar-refractivity contribution in [2.45, 2.75) is 25.1 Å². The van der Waals surface area contributed by atoms with E-state index in [1.165, 1.54) is 0 Å². The Morgan fingerprint density at radius 2 is 2.40 bits per heavy atom. The summed E-state index contributed by atoms with van der Waals surface area (Å²) in [5.74, 6) is 0.866. The van der Waals surface area contributed by atoms with Gasteiger partial charge in [-0.3, -0.25) is 0 Å². The average Bonchev–Trinajstić information content (AvgIpc) is 2.39. The van der Waals surface area contributed by atoms with Crippen LogP contribution in [0.5, 0.6) is 5.75 Å². The van der Waals surface area contributed by atoms with E-state index in [2.05, 4.69) is 17.1 Å². The minimum Gasteiger partial charge on any atom is -0.468 e. The summed E-state index contributed by atoms with van der Waals surface area (Å²) >= 11 is 11.6. The summed E-state index contributed by atoms with van der Waals surface area (Å²) in [6, 6.07) is 5.87. The first-order valence-corrected chi connectivity index (χ1v) is 7.38. The van der Waals surface area contributed by atoms with E-state index in [1.807, 2.05) is 18.2 Å². The number of hydrogen-bond donors (Lipinski definition) is 1. The lowest BCUT2D eigenvalue weighted by Crippen LogP contribution is -2.65. The van der Waals surface area contributed by atoms with Crippen molar-refractivity contribution in [3.8, 4) is 5.75 Å². The number of hydrogen-bond acceptors (Lipinski definition) is 3. The third-order valence-electron chi connectivity index (χ3n) is 3.89. The van der Waals surface area contributed by atoms with E-state index >= 15 is 0 Å². The van der Waals surface area contributed by atoms with Crippen molar-refractivity contribution in [3.05, 3.63) is 28.8 Å². The molecular formula is C14H17ClN2O2S. The Labute approximate surface area is 129 Å². The van der Waals surface area contributed by atoms with Crippen molar-refractivity contribution in [3.63, 3.8) is 0 Å². The lowest BCUT2D eigenvalue weighted by Gasteiger charge is -2.52. The number of ether oxygens (including phenoxy) is 2. The zero-order chi connectivity index (χ0) is 14.3. The number of methoxy groups -OCH3 is 1. The molecule has 1 aromatic rings. The molecule has 2 unspecified atom stereocenters. The molecule has 108 valence electrons. The minimum atomic E-state index is -0.438. The van der Waals surface area contributed by atoms with E-state index in [1.54, 1.807) is 7.11 Å². The van der Waals surface area contributed by atoms with Crippen LogP contribution in [0.15, 0.2) is 18.2 Å². The standard InChI is InChI=1S/C14H17ClN2O2S/c1-14-8-11(16-13(20)17(14)5-6-18-2)10-7-9(15)3-4-12(10)19-14/h3-4,7,11H,5-6,8H2,1-2H3,(H,16,20). The normalized spacial score (nSPS) is 27.6. The second-order valence-corrected chi connectivity index (χ2v) is 6.13. The van der Waals surface area contributed by atoms with Crippen LogP contribution < -0.4 is 10.1 Å². The molecule has 2 heterocycles. The predicted octanol–water partition coefficient (Wildman–Crippen LogP) is 2.72. The molecule has 6 heteroatoms. The van der Waals surface area contributed by atoms with Gasteiger partial charge in [-0.05, 0) is 37.3 Å². The highest BCUT2D eigenvalue weighted by atomic mass is 35.5. The Morgan fingerprint density at radius 3 is 3.15 bits per heavy atom. The lowest BCUT2D eigenvalue weighted by atomic mass is 9.90. The number of halogens is 1. The molecule has 0 aliphatic carbocycles. The molecule has 2 aliphatic rings. The van der Waals surface area contributed by atoms with E-state index in [0.29, 0.717) is 23.3 Å². The molecule has 20 heavy (non-hydrogen) atoms. The summed E-state index contributed by atoms with van der Waals surface area (Å²) in [7, 11) is 1.69. The molecule has 1 saturated heterocycles. The number of fused-ring (bicyclic) bond motifs is 4. The van der Waals surface area contributed by atoms with E-state index < -0.39 is 5.72 Å². The summed E-state index contributed by atoms with van der Waals surface area (Å²) in [6.07, 6.45) is 0.824. The second kappa shape index (κ2) is 5.06. The summed E-state index contributed by atoms with van der Waals surface area (Å²) in [5, 5.41) is 4.79. The van der Waals surface area contributed by atoms with Gasteiger partial charge in [-0.2, -0.15) is 0 Å². The molecule has 0 aromatic heterocycles. The molecule has 0 amide bonds. The molecule has 0 spiro atoms. The van der Waals surface area contributed by atoms with Crippen molar-refractivity contribution in [2.75, 3.05) is 20.3 Å². The van der Waals surface area contributed by atoms with Crippen molar-refractivity contribution in [1.82, 2.24) is 10.2 Å². The molecule has 1 N–H and O–H groups in total. The van der Waals surface area contributed by atoms with Gasteiger partial charge in [0.2, 0.25) is 0 Å². The van der Waals surface area contributed by atoms with E-state index in [4.69, 9.17) is 33.3 Å². The molecule has 1 aromatic carbocycles. The highest BCUT2D eigenvalue weighted by Crippen LogP contribution is 2.44. The largest absolute Gasteiger partial charge is 0.468 e. The van der Waals surface area contributed by atoms with Crippen molar-refractivity contribution >= 4 is 28.9 Å². The second-order valence-electron chi connectivity index (χ2n) is 5.31. The number of rotatable bonds is 3. The molecule has 2 bridgehead atoms. The maximum absolute atomic E-state index is 6.21. The zero-order valence-electron chi connectivity index (χ0n) is 11.5. The van der Waals surface area contributed by atoms with Crippen molar-refractivity contribution < 1.29 is 9.47 Å². The van der Waals surface area contributed by atoms with Gasteiger partial charge in [-0.25, -0.2) is 0 Å². The minimum absolute atomic E-state index is 0.147. The Kier molecular flexibility index (Phi) is 3.52. The van der Waals surface area contributed by atoms with Crippen LogP contribution in [-0.4, -0.2) is 36.0 Å². The maximum atomic E-state index is 6.21. The van der Waals surface area contributed by atoms with Gasteiger partial charge in [0.1, 0.15) is 5.75 Å². The average molecular weight is 313 g/mol. The molecule has 3 rings (SSSR count). The van der Waals surface area contributed by atoms with E-state index in [9.17, 15) is 0 Å². The van der Waals surface area contributed by atoms with Gasteiger partial charge in [-0.1, -0.05) is 11.6 Å². The fraction of sp³-hybridized carbons (Fsp3) is 0.500. The van der Waals surface area contributed by atoms with Gasteiger partial charge in [-0.15, -0.1) is 0 Å². The van der Waals surface area contributed by atoms with Crippen LogP contribution >= 0.6 is 23.8 Å². The van der Waals surface area contributed by atoms with Gasteiger partial charge in [0.25, 0.3) is 0 Å². The number of benzene rings is 1. The first-order chi connectivity index (χ1) is 9.53. The van der Waals surface area contributed by atoms with Crippen LogP contribution in [0.4, 0.5) is 0 Å². The monoisotopic (exact) mass is 312 g/mol. The van der Waals surface area contributed by atoms with Gasteiger partial charge in [0.15, 0.2) is 10.8 Å². The fourth-order valence-corrected chi connectivity index (χ4v) is 3.52. The van der Waals surface area contributed by atoms with Crippen LogP contribution in [0.3, 0.4) is 0 Å². The summed E-state index contributed by atoms with van der Waals surface area (Å²) in [4.78, 5) is 2.06. The molecule has 2 atom stereocenters.